The lowest BCUT2D eigenvalue weighted by Gasteiger charge is -2.12. The molecule has 1 aromatic carbocycles. The van der Waals surface area contributed by atoms with Gasteiger partial charge in [0.1, 0.15) is 6.07 Å². The molecule has 1 atom stereocenters. The van der Waals surface area contributed by atoms with Gasteiger partial charge in [-0.15, -0.1) is 0 Å². The number of amides is 1. The van der Waals surface area contributed by atoms with E-state index in [2.05, 4.69) is 20.0 Å². The zero-order valence-electron chi connectivity index (χ0n) is 14.4. The number of aromatic nitrogens is 2. The van der Waals surface area contributed by atoms with Gasteiger partial charge in [0, 0.05) is 11.8 Å². The number of methoxy groups -OCH3 is 1. The van der Waals surface area contributed by atoms with E-state index in [1.165, 1.54) is 25.3 Å². The number of benzene rings is 1. The number of aromatic amines is 1. The van der Waals surface area contributed by atoms with Crippen molar-refractivity contribution in [3.05, 3.63) is 50.9 Å². The highest BCUT2D eigenvalue weighted by Crippen LogP contribution is 2.23. The van der Waals surface area contributed by atoms with E-state index in [9.17, 15) is 14.4 Å². The number of anilines is 1. The number of carbonyl (C=O) groups is 2. The van der Waals surface area contributed by atoms with Gasteiger partial charge < -0.3 is 15.0 Å². The zero-order chi connectivity index (χ0) is 20.0. The molecular weight excluding hydrogens is 392 g/mol. The van der Waals surface area contributed by atoms with E-state index >= 15 is 0 Å². The lowest BCUT2D eigenvalue weighted by atomic mass is 10.2. The summed E-state index contributed by atoms with van der Waals surface area (Å²) < 4.78 is 4.55. The number of esters is 1. The van der Waals surface area contributed by atoms with Gasteiger partial charge in [-0.1, -0.05) is 23.4 Å². The Labute approximate surface area is 163 Å². The molecule has 0 aliphatic carbocycles. The Morgan fingerprint density at radius 3 is 2.81 bits per heavy atom. The number of ether oxygens (including phenoxy) is 1. The number of hydrogen-bond acceptors (Lipinski definition) is 7. The molecule has 1 heterocycles. The van der Waals surface area contributed by atoms with Gasteiger partial charge in [0.05, 0.1) is 35.1 Å². The number of H-pyrrole nitrogens is 1. The van der Waals surface area contributed by atoms with Gasteiger partial charge >= 0.3 is 5.97 Å². The second-order valence-corrected chi connectivity index (χ2v) is 7.09. The standard InChI is InChI=1S/C17H15ClN4O4S/c1-9(16(25)20-11-4-3-10(8-19)13(18)5-11)27-17-21-12(6-14(23)22-17)7-15(24)26-2/h3-6,9H,7H2,1-2H3,(H,20,25)(H,21,22,23)/t9-/m1/s1. The van der Waals surface area contributed by atoms with Crippen molar-refractivity contribution in [1.29, 1.82) is 5.26 Å². The fourth-order valence-electron chi connectivity index (χ4n) is 2.00. The van der Waals surface area contributed by atoms with E-state index in [4.69, 9.17) is 16.9 Å². The summed E-state index contributed by atoms with van der Waals surface area (Å²) >= 11 is 6.97. The van der Waals surface area contributed by atoms with E-state index < -0.39 is 16.8 Å². The summed E-state index contributed by atoms with van der Waals surface area (Å²) in [6.45, 7) is 1.64. The van der Waals surface area contributed by atoms with Crippen molar-refractivity contribution in [3.63, 3.8) is 0 Å². The van der Waals surface area contributed by atoms with Crippen LogP contribution in [-0.2, 0) is 20.7 Å². The maximum absolute atomic E-state index is 12.3. The molecule has 0 unspecified atom stereocenters. The zero-order valence-corrected chi connectivity index (χ0v) is 16.0. The number of nitriles is 1. The second-order valence-electron chi connectivity index (χ2n) is 5.35. The molecule has 0 saturated carbocycles. The van der Waals surface area contributed by atoms with Crippen LogP contribution < -0.4 is 10.9 Å². The molecule has 0 saturated heterocycles. The highest BCUT2D eigenvalue weighted by molar-refractivity contribution is 8.00. The van der Waals surface area contributed by atoms with Crippen LogP contribution in [0.4, 0.5) is 5.69 Å². The molecule has 1 aromatic heterocycles. The summed E-state index contributed by atoms with van der Waals surface area (Å²) in [6, 6.07) is 7.68. The summed E-state index contributed by atoms with van der Waals surface area (Å²) in [4.78, 5) is 42.1. The van der Waals surface area contributed by atoms with Crippen LogP contribution >= 0.6 is 23.4 Å². The van der Waals surface area contributed by atoms with Crippen LogP contribution in [0.3, 0.4) is 0 Å². The highest BCUT2D eigenvalue weighted by Gasteiger charge is 2.17. The van der Waals surface area contributed by atoms with Crippen molar-refractivity contribution in [3.8, 4) is 6.07 Å². The molecule has 0 aliphatic rings. The molecule has 27 heavy (non-hydrogen) atoms. The highest BCUT2D eigenvalue weighted by atomic mass is 35.5. The minimum Gasteiger partial charge on any atom is -0.469 e. The third kappa shape index (κ3) is 5.84. The Balaban J connectivity index is 2.08. The van der Waals surface area contributed by atoms with Crippen LogP contribution in [0.2, 0.25) is 5.02 Å². The second kappa shape index (κ2) is 9.21. The van der Waals surface area contributed by atoms with Gasteiger partial charge in [0.2, 0.25) is 5.91 Å². The largest absolute Gasteiger partial charge is 0.469 e. The molecule has 0 fully saturated rings. The van der Waals surface area contributed by atoms with Crippen molar-refractivity contribution >= 4 is 40.9 Å². The van der Waals surface area contributed by atoms with Gasteiger partial charge in [0.15, 0.2) is 5.16 Å². The Morgan fingerprint density at radius 1 is 1.44 bits per heavy atom. The molecule has 8 nitrogen and oxygen atoms in total. The van der Waals surface area contributed by atoms with E-state index in [-0.39, 0.29) is 28.2 Å². The summed E-state index contributed by atoms with van der Waals surface area (Å²) in [7, 11) is 1.24. The minimum atomic E-state index is -0.601. The minimum absolute atomic E-state index is 0.141. The predicted molar refractivity (Wildman–Crippen MR) is 101 cm³/mol. The Kier molecular flexibility index (Phi) is 6.98. The van der Waals surface area contributed by atoms with Crippen molar-refractivity contribution in [2.75, 3.05) is 12.4 Å². The van der Waals surface area contributed by atoms with Crippen molar-refractivity contribution < 1.29 is 14.3 Å². The van der Waals surface area contributed by atoms with Gasteiger partial charge in [0.25, 0.3) is 5.56 Å². The van der Waals surface area contributed by atoms with Crippen molar-refractivity contribution in [2.45, 2.75) is 23.8 Å². The number of nitrogens with one attached hydrogen (secondary N) is 2. The number of hydrogen-bond donors (Lipinski definition) is 2. The first-order valence-corrected chi connectivity index (χ1v) is 8.92. The topological polar surface area (TPSA) is 125 Å². The summed E-state index contributed by atoms with van der Waals surface area (Å²) in [5, 5.41) is 11.4. The molecule has 1 amide bonds. The van der Waals surface area contributed by atoms with E-state index in [1.807, 2.05) is 6.07 Å². The predicted octanol–water partition coefficient (Wildman–Crippen LogP) is 2.13. The number of nitrogens with zero attached hydrogens (tertiary/aromatic N) is 2. The number of thioether (sulfide) groups is 1. The lowest BCUT2D eigenvalue weighted by molar-refractivity contribution is -0.139. The number of rotatable bonds is 6. The van der Waals surface area contributed by atoms with Crippen molar-refractivity contribution in [1.82, 2.24) is 9.97 Å². The Morgan fingerprint density at radius 2 is 2.19 bits per heavy atom. The molecule has 2 rings (SSSR count). The van der Waals surface area contributed by atoms with Gasteiger partial charge in [-0.05, 0) is 25.1 Å². The van der Waals surface area contributed by atoms with E-state index in [0.717, 1.165) is 11.8 Å². The quantitative estimate of drug-likeness (QED) is 0.427. The molecule has 0 bridgehead atoms. The van der Waals surface area contributed by atoms with Gasteiger partial charge in [-0.2, -0.15) is 5.26 Å². The average Bonchev–Trinajstić information content (AvgIpc) is 2.61. The summed E-state index contributed by atoms with van der Waals surface area (Å²) in [5.41, 5.74) is 0.566. The van der Waals surface area contributed by atoms with Crippen LogP contribution in [-0.4, -0.2) is 34.2 Å². The first-order valence-electron chi connectivity index (χ1n) is 7.66. The summed E-state index contributed by atoms with van der Waals surface area (Å²) in [6.07, 6.45) is -0.141. The first kappa shape index (κ1) is 20.5. The lowest BCUT2D eigenvalue weighted by Crippen LogP contribution is -2.23. The van der Waals surface area contributed by atoms with Crippen LogP contribution in [0.5, 0.6) is 0 Å². The SMILES string of the molecule is COC(=O)Cc1cc(=O)[nH]c(S[C@H](C)C(=O)Nc2ccc(C#N)c(Cl)c2)n1. The molecule has 2 N–H and O–H groups in total. The molecule has 0 spiro atoms. The fraction of sp³-hybridized carbons (Fsp3) is 0.235. The Hall–Kier alpha value is -2.83. The van der Waals surface area contributed by atoms with Crippen LogP contribution in [0.15, 0.2) is 34.2 Å². The summed E-state index contributed by atoms with van der Waals surface area (Å²) in [5.74, 6) is -0.866. The maximum Gasteiger partial charge on any atom is 0.311 e. The molecule has 10 heteroatoms. The monoisotopic (exact) mass is 406 g/mol. The van der Waals surface area contributed by atoms with Crippen LogP contribution in [0, 0.1) is 11.3 Å². The molecule has 2 aromatic rings. The normalized spacial score (nSPS) is 11.3. The van der Waals surface area contributed by atoms with Gasteiger partial charge in [-0.25, -0.2) is 4.98 Å². The van der Waals surface area contributed by atoms with E-state index in [1.54, 1.807) is 13.0 Å². The van der Waals surface area contributed by atoms with Gasteiger partial charge in [-0.3, -0.25) is 14.4 Å². The number of halogens is 1. The molecular formula is C17H15ClN4O4S. The first-order chi connectivity index (χ1) is 12.8. The fourth-order valence-corrected chi connectivity index (χ4v) is 3.05. The van der Waals surface area contributed by atoms with Crippen molar-refractivity contribution in [2.24, 2.45) is 0 Å². The third-order valence-electron chi connectivity index (χ3n) is 3.34. The average molecular weight is 407 g/mol. The van der Waals surface area contributed by atoms with Crippen LogP contribution in [0.1, 0.15) is 18.2 Å². The number of carbonyl (C=O) groups excluding carboxylic acids is 2. The van der Waals surface area contributed by atoms with Crippen LogP contribution in [0.25, 0.3) is 0 Å². The molecule has 0 radical (unpaired) electrons. The molecule has 0 aliphatic heterocycles. The maximum atomic E-state index is 12.3. The molecule has 140 valence electrons. The Bertz CT molecular complexity index is 970. The third-order valence-corrected chi connectivity index (χ3v) is 4.64. The smallest absolute Gasteiger partial charge is 0.311 e. The van der Waals surface area contributed by atoms with E-state index in [0.29, 0.717) is 11.3 Å².